The molecule has 0 aromatic heterocycles. The van der Waals surface area contributed by atoms with Crippen molar-refractivity contribution in [3.05, 3.63) is 29.8 Å². The lowest BCUT2D eigenvalue weighted by Gasteiger charge is -2.36. The van der Waals surface area contributed by atoms with Gasteiger partial charge in [0, 0.05) is 25.7 Å². The summed E-state index contributed by atoms with van der Waals surface area (Å²) in [5, 5.41) is 12.0. The van der Waals surface area contributed by atoms with Crippen LogP contribution < -0.4 is 5.32 Å². The minimum Gasteiger partial charge on any atom is -0.396 e. The van der Waals surface area contributed by atoms with Crippen molar-refractivity contribution in [3.8, 4) is 0 Å². The Hall–Kier alpha value is -0.950. The number of nitrogens with one attached hydrogen (secondary N) is 1. The molecule has 1 aliphatic carbocycles. The number of benzene rings is 1. The number of hydrogen-bond acceptors (Lipinski definition) is 4. The van der Waals surface area contributed by atoms with E-state index in [1.807, 2.05) is 19.2 Å². The van der Waals surface area contributed by atoms with Crippen LogP contribution in [0.4, 0.5) is 0 Å². The van der Waals surface area contributed by atoms with Crippen molar-refractivity contribution in [1.29, 1.82) is 0 Å². The molecule has 1 fully saturated rings. The molecule has 0 spiro atoms. The average molecular weight is 312 g/mol. The van der Waals surface area contributed by atoms with Gasteiger partial charge >= 0.3 is 0 Å². The van der Waals surface area contributed by atoms with E-state index in [4.69, 9.17) is 5.11 Å². The van der Waals surface area contributed by atoms with Crippen LogP contribution in [-0.2, 0) is 16.6 Å². The highest BCUT2D eigenvalue weighted by molar-refractivity contribution is 7.89. The zero-order valence-electron chi connectivity index (χ0n) is 12.5. The van der Waals surface area contributed by atoms with E-state index in [-0.39, 0.29) is 12.6 Å². The van der Waals surface area contributed by atoms with Crippen molar-refractivity contribution in [2.45, 2.75) is 43.2 Å². The van der Waals surface area contributed by atoms with E-state index in [1.54, 1.807) is 16.4 Å². The third kappa shape index (κ3) is 3.83. The van der Waals surface area contributed by atoms with Crippen LogP contribution >= 0.6 is 0 Å². The number of nitrogens with zero attached hydrogens (tertiary/aromatic N) is 1. The van der Waals surface area contributed by atoms with Gasteiger partial charge in [0.1, 0.15) is 0 Å². The Morgan fingerprint density at radius 1 is 1.29 bits per heavy atom. The summed E-state index contributed by atoms with van der Waals surface area (Å²) in [5.74, 6) is 0. The first-order chi connectivity index (χ1) is 10.1. The second-order valence-electron chi connectivity index (χ2n) is 5.45. The van der Waals surface area contributed by atoms with Crippen LogP contribution in [0.3, 0.4) is 0 Å². The Labute approximate surface area is 127 Å². The van der Waals surface area contributed by atoms with Crippen molar-refractivity contribution in [3.63, 3.8) is 0 Å². The highest BCUT2D eigenvalue weighted by Gasteiger charge is 2.34. The van der Waals surface area contributed by atoms with Gasteiger partial charge in [0.25, 0.3) is 0 Å². The lowest BCUT2D eigenvalue weighted by Crippen LogP contribution is -2.44. The molecule has 6 heteroatoms. The fraction of sp³-hybridized carbons (Fsp3) is 0.600. The summed E-state index contributed by atoms with van der Waals surface area (Å²) in [4.78, 5) is 0.340. The molecule has 21 heavy (non-hydrogen) atoms. The maximum absolute atomic E-state index is 12.8. The minimum atomic E-state index is -3.46. The normalized spacial score (nSPS) is 16.1. The summed E-state index contributed by atoms with van der Waals surface area (Å²) in [7, 11) is -1.60. The first kappa shape index (κ1) is 16.4. The molecule has 1 aromatic carbocycles. The molecule has 1 aliphatic rings. The van der Waals surface area contributed by atoms with Crippen LogP contribution in [-0.4, -0.2) is 44.1 Å². The standard InChI is InChI=1S/C15H24N2O3S/c1-16-12-13-6-8-15(9-7-13)21(19,20)17(10-3-11-18)14-4-2-5-14/h6-9,14,16,18H,2-5,10-12H2,1H3. The topological polar surface area (TPSA) is 69.6 Å². The van der Waals surface area contributed by atoms with Crippen molar-refractivity contribution in [2.75, 3.05) is 20.2 Å². The van der Waals surface area contributed by atoms with E-state index in [2.05, 4.69) is 5.32 Å². The SMILES string of the molecule is CNCc1ccc(S(=O)(=O)N(CCCO)C2CCC2)cc1. The Bertz CT molecular complexity index is 539. The molecule has 5 nitrogen and oxygen atoms in total. The van der Waals surface area contributed by atoms with Crippen LogP contribution in [0, 0.1) is 0 Å². The van der Waals surface area contributed by atoms with Crippen LogP contribution in [0.5, 0.6) is 0 Å². The Kier molecular flexibility index (Phi) is 5.75. The van der Waals surface area contributed by atoms with E-state index in [0.29, 0.717) is 17.9 Å². The van der Waals surface area contributed by atoms with Gasteiger partial charge in [-0.3, -0.25) is 0 Å². The van der Waals surface area contributed by atoms with Gasteiger partial charge in [-0.15, -0.1) is 0 Å². The third-order valence-electron chi connectivity index (χ3n) is 3.93. The second kappa shape index (κ2) is 7.35. The number of aliphatic hydroxyl groups excluding tert-OH is 1. The highest BCUT2D eigenvalue weighted by atomic mass is 32.2. The molecule has 0 aliphatic heterocycles. The summed E-state index contributed by atoms with van der Waals surface area (Å²) in [6.45, 7) is 1.12. The van der Waals surface area contributed by atoms with E-state index in [0.717, 1.165) is 31.4 Å². The molecular weight excluding hydrogens is 288 g/mol. The molecule has 0 atom stereocenters. The fourth-order valence-corrected chi connectivity index (χ4v) is 4.24. The van der Waals surface area contributed by atoms with Crippen molar-refractivity contribution in [1.82, 2.24) is 9.62 Å². The summed E-state index contributed by atoms with van der Waals surface area (Å²) < 4.78 is 27.1. The highest BCUT2D eigenvalue weighted by Crippen LogP contribution is 2.30. The molecule has 0 amide bonds. The van der Waals surface area contributed by atoms with Crippen molar-refractivity contribution >= 4 is 10.0 Å². The van der Waals surface area contributed by atoms with Crippen LogP contribution in [0.25, 0.3) is 0 Å². The van der Waals surface area contributed by atoms with Crippen LogP contribution in [0.15, 0.2) is 29.2 Å². The van der Waals surface area contributed by atoms with Gasteiger partial charge in [0.15, 0.2) is 0 Å². The van der Waals surface area contributed by atoms with Gasteiger partial charge in [-0.2, -0.15) is 4.31 Å². The van der Waals surface area contributed by atoms with Crippen molar-refractivity contribution < 1.29 is 13.5 Å². The van der Waals surface area contributed by atoms with Crippen molar-refractivity contribution in [2.24, 2.45) is 0 Å². The molecule has 0 bridgehead atoms. The fourth-order valence-electron chi connectivity index (χ4n) is 2.52. The van der Waals surface area contributed by atoms with Gasteiger partial charge in [-0.25, -0.2) is 8.42 Å². The van der Waals surface area contributed by atoms with Gasteiger partial charge in [-0.05, 0) is 44.0 Å². The number of aliphatic hydroxyl groups is 1. The summed E-state index contributed by atoms with van der Waals surface area (Å²) in [6.07, 6.45) is 3.40. The number of sulfonamides is 1. The lowest BCUT2D eigenvalue weighted by molar-refractivity contribution is 0.198. The largest absolute Gasteiger partial charge is 0.396 e. The summed E-state index contributed by atoms with van der Waals surface area (Å²) in [5.41, 5.74) is 1.06. The predicted molar refractivity (Wildman–Crippen MR) is 82.4 cm³/mol. The van der Waals surface area contributed by atoms with E-state index in [9.17, 15) is 8.42 Å². The molecule has 1 saturated carbocycles. The first-order valence-electron chi connectivity index (χ1n) is 7.46. The smallest absolute Gasteiger partial charge is 0.243 e. The van der Waals surface area contributed by atoms with Gasteiger partial charge in [0.05, 0.1) is 4.90 Å². The number of rotatable bonds is 8. The molecule has 1 aromatic rings. The summed E-state index contributed by atoms with van der Waals surface area (Å²) in [6, 6.07) is 7.13. The quantitative estimate of drug-likeness (QED) is 0.760. The lowest BCUT2D eigenvalue weighted by atomic mass is 9.93. The van der Waals surface area contributed by atoms with E-state index in [1.165, 1.54) is 0 Å². The van der Waals surface area contributed by atoms with Gasteiger partial charge in [-0.1, -0.05) is 18.6 Å². The third-order valence-corrected chi connectivity index (χ3v) is 5.90. The molecule has 2 N–H and O–H groups in total. The maximum Gasteiger partial charge on any atom is 0.243 e. The molecular formula is C15H24N2O3S. The first-order valence-corrected chi connectivity index (χ1v) is 8.90. The molecule has 0 heterocycles. The maximum atomic E-state index is 12.8. The van der Waals surface area contributed by atoms with Gasteiger partial charge in [0.2, 0.25) is 10.0 Å². The predicted octanol–water partition coefficient (Wildman–Crippen LogP) is 1.33. The second-order valence-corrected chi connectivity index (χ2v) is 7.34. The number of hydrogen-bond donors (Lipinski definition) is 2. The zero-order chi connectivity index (χ0) is 15.3. The molecule has 0 unspecified atom stereocenters. The monoisotopic (exact) mass is 312 g/mol. The van der Waals surface area contributed by atoms with Crippen LogP contribution in [0.2, 0.25) is 0 Å². The van der Waals surface area contributed by atoms with Crippen LogP contribution in [0.1, 0.15) is 31.2 Å². The van der Waals surface area contributed by atoms with E-state index >= 15 is 0 Å². The molecule has 0 saturated heterocycles. The Balaban J connectivity index is 2.20. The molecule has 118 valence electrons. The Morgan fingerprint density at radius 3 is 2.43 bits per heavy atom. The summed E-state index contributed by atoms with van der Waals surface area (Å²) >= 11 is 0. The minimum absolute atomic E-state index is 0.0137. The van der Waals surface area contributed by atoms with E-state index < -0.39 is 10.0 Å². The molecule has 2 rings (SSSR count). The average Bonchev–Trinajstić information content (AvgIpc) is 2.42. The Morgan fingerprint density at radius 2 is 1.95 bits per heavy atom. The van der Waals surface area contributed by atoms with Gasteiger partial charge < -0.3 is 10.4 Å². The molecule has 0 radical (unpaired) electrons. The zero-order valence-corrected chi connectivity index (χ0v) is 13.3.